The Bertz CT molecular complexity index is 463. The summed E-state index contributed by atoms with van der Waals surface area (Å²) in [6.07, 6.45) is 6.13. The van der Waals surface area contributed by atoms with Crippen LogP contribution in [0, 0.1) is 0 Å². The van der Waals surface area contributed by atoms with E-state index in [1.807, 2.05) is 35.2 Å². The molecule has 23 heavy (non-hydrogen) atoms. The first kappa shape index (κ1) is 18.0. The Morgan fingerprint density at radius 1 is 1.22 bits per heavy atom. The molecule has 1 fully saturated rings. The zero-order valence-electron chi connectivity index (χ0n) is 13.9. The molecule has 4 nitrogen and oxygen atoms in total. The molecule has 1 aliphatic heterocycles. The molecule has 1 saturated heterocycles. The Labute approximate surface area is 139 Å². The van der Waals surface area contributed by atoms with E-state index in [9.17, 15) is 9.90 Å². The van der Waals surface area contributed by atoms with Gasteiger partial charge in [0.25, 0.3) is 0 Å². The number of aliphatic hydroxyl groups is 2. The minimum atomic E-state index is -0.353. The van der Waals surface area contributed by atoms with Crippen molar-refractivity contribution in [2.24, 2.45) is 0 Å². The number of likely N-dealkylation sites (tertiary alicyclic amines) is 1. The van der Waals surface area contributed by atoms with Crippen molar-refractivity contribution in [2.45, 2.75) is 63.5 Å². The predicted octanol–water partition coefficient (Wildman–Crippen LogP) is 2.52. The Kier molecular flexibility index (Phi) is 7.56. The van der Waals surface area contributed by atoms with Crippen molar-refractivity contribution in [1.29, 1.82) is 0 Å². The summed E-state index contributed by atoms with van der Waals surface area (Å²) >= 11 is 0. The molecule has 2 N–H and O–H groups in total. The molecule has 128 valence electrons. The number of hydrogen-bond acceptors (Lipinski definition) is 3. The second kappa shape index (κ2) is 9.68. The SMILES string of the molecule is O=C1CCCC(CC[C@@H](O)Cc2ccccc2)N1CCCCO. The highest BCUT2D eigenvalue weighted by Gasteiger charge is 2.27. The molecule has 0 aromatic heterocycles. The average molecular weight is 319 g/mol. The molecule has 4 heteroatoms. The van der Waals surface area contributed by atoms with Gasteiger partial charge in [0.1, 0.15) is 0 Å². The minimum absolute atomic E-state index is 0.183. The maximum atomic E-state index is 12.1. The summed E-state index contributed by atoms with van der Waals surface area (Å²) in [5.74, 6) is 0.233. The lowest BCUT2D eigenvalue weighted by Gasteiger charge is -2.36. The lowest BCUT2D eigenvalue weighted by molar-refractivity contribution is -0.136. The van der Waals surface area contributed by atoms with Crippen LogP contribution in [0.5, 0.6) is 0 Å². The maximum absolute atomic E-state index is 12.1. The minimum Gasteiger partial charge on any atom is -0.396 e. The van der Waals surface area contributed by atoms with E-state index in [1.54, 1.807) is 0 Å². The zero-order chi connectivity index (χ0) is 16.5. The van der Waals surface area contributed by atoms with Gasteiger partial charge in [-0.2, -0.15) is 0 Å². The smallest absolute Gasteiger partial charge is 0.222 e. The van der Waals surface area contributed by atoms with E-state index in [0.717, 1.165) is 50.6 Å². The van der Waals surface area contributed by atoms with E-state index in [2.05, 4.69) is 0 Å². The molecule has 1 aromatic carbocycles. The molecule has 1 heterocycles. The number of carbonyl (C=O) groups is 1. The molecular weight excluding hydrogens is 290 g/mol. The van der Waals surface area contributed by atoms with Crippen LogP contribution in [-0.2, 0) is 11.2 Å². The summed E-state index contributed by atoms with van der Waals surface area (Å²) in [6.45, 7) is 0.918. The normalized spacial score (nSPS) is 19.8. The van der Waals surface area contributed by atoms with Crippen LogP contribution >= 0.6 is 0 Å². The topological polar surface area (TPSA) is 60.8 Å². The van der Waals surface area contributed by atoms with Gasteiger partial charge >= 0.3 is 0 Å². The summed E-state index contributed by atoms with van der Waals surface area (Å²) in [5.41, 5.74) is 1.15. The Balaban J connectivity index is 1.80. The third-order valence-corrected chi connectivity index (χ3v) is 4.64. The van der Waals surface area contributed by atoms with Crippen LogP contribution < -0.4 is 0 Å². The van der Waals surface area contributed by atoms with Gasteiger partial charge in [0, 0.05) is 25.6 Å². The van der Waals surface area contributed by atoms with Gasteiger partial charge in [0.2, 0.25) is 5.91 Å². The molecule has 1 aromatic rings. The number of amides is 1. The van der Waals surface area contributed by atoms with Crippen molar-refractivity contribution >= 4 is 5.91 Å². The molecule has 0 saturated carbocycles. The fraction of sp³-hybridized carbons (Fsp3) is 0.632. The summed E-state index contributed by atoms with van der Waals surface area (Å²) in [7, 11) is 0. The first-order chi connectivity index (χ1) is 11.2. The molecule has 1 unspecified atom stereocenters. The first-order valence-electron chi connectivity index (χ1n) is 8.83. The van der Waals surface area contributed by atoms with E-state index < -0.39 is 0 Å². The highest BCUT2D eigenvalue weighted by Crippen LogP contribution is 2.23. The van der Waals surface area contributed by atoms with Gasteiger partial charge in [-0.1, -0.05) is 30.3 Å². The fourth-order valence-electron chi connectivity index (χ4n) is 3.37. The number of benzene rings is 1. The number of rotatable bonds is 9. The molecular formula is C19H29NO3. The number of unbranched alkanes of at least 4 members (excludes halogenated alkanes) is 1. The third kappa shape index (κ3) is 5.96. The quantitative estimate of drug-likeness (QED) is 0.688. The lowest BCUT2D eigenvalue weighted by atomic mass is 9.94. The molecule has 0 aliphatic carbocycles. The Hall–Kier alpha value is -1.39. The van der Waals surface area contributed by atoms with E-state index in [0.29, 0.717) is 12.8 Å². The predicted molar refractivity (Wildman–Crippen MR) is 91.1 cm³/mol. The van der Waals surface area contributed by atoms with Gasteiger partial charge in [-0.05, 0) is 50.5 Å². The number of nitrogens with zero attached hydrogens (tertiary/aromatic N) is 1. The van der Waals surface area contributed by atoms with Crippen molar-refractivity contribution in [3.8, 4) is 0 Å². The second-order valence-corrected chi connectivity index (χ2v) is 6.48. The van der Waals surface area contributed by atoms with Crippen LogP contribution in [0.1, 0.15) is 50.5 Å². The van der Waals surface area contributed by atoms with Crippen LogP contribution in [-0.4, -0.2) is 46.3 Å². The van der Waals surface area contributed by atoms with E-state index in [-0.39, 0.29) is 24.7 Å². The third-order valence-electron chi connectivity index (χ3n) is 4.64. The van der Waals surface area contributed by atoms with E-state index in [4.69, 9.17) is 5.11 Å². The van der Waals surface area contributed by atoms with Gasteiger partial charge in [0.05, 0.1) is 6.10 Å². The van der Waals surface area contributed by atoms with Crippen molar-refractivity contribution in [2.75, 3.05) is 13.2 Å². The van der Waals surface area contributed by atoms with Crippen LogP contribution in [0.15, 0.2) is 30.3 Å². The first-order valence-corrected chi connectivity index (χ1v) is 8.83. The van der Waals surface area contributed by atoms with Crippen LogP contribution in [0.25, 0.3) is 0 Å². The van der Waals surface area contributed by atoms with Crippen molar-refractivity contribution in [3.63, 3.8) is 0 Å². The number of piperidine rings is 1. The van der Waals surface area contributed by atoms with Gasteiger partial charge in [-0.15, -0.1) is 0 Å². The van der Waals surface area contributed by atoms with Crippen molar-refractivity contribution in [3.05, 3.63) is 35.9 Å². The summed E-state index contributed by atoms with van der Waals surface area (Å²) in [5, 5.41) is 19.2. The highest BCUT2D eigenvalue weighted by atomic mass is 16.3. The van der Waals surface area contributed by atoms with Crippen LogP contribution in [0.3, 0.4) is 0 Å². The van der Waals surface area contributed by atoms with E-state index >= 15 is 0 Å². The number of hydrogen-bond donors (Lipinski definition) is 2. The standard InChI is InChI=1S/C19H29NO3/c21-14-5-4-13-20-17(9-6-10-19(20)23)11-12-18(22)15-16-7-2-1-3-8-16/h1-3,7-8,17-18,21-22H,4-6,9-15H2/t17?,18-/m1/s1. The van der Waals surface area contributed by atoms with Gasteiger partial charge < -0.3 is 15.1 Å². The molecule has 0 radical (unpaired) electrons. The van der Waals surface area contributed by atoms with Gasteiger partial charge in [-0.25, -0.2) is 0 Å². The van der Waals surface area contributed by atoms with E-state index in [1.165, 1.54) is 0 Å². The average Bonchev–Trinajstić information content (AvgIpc) is 2.56. The summed E-state index contributed by atoms with van der Waals surface area (Å²) in [6, 6.07) is 10.3. The molecule has 0 spiro atoms. The van der Waals surface area contributed by atoms with Crippen molar-refractivity contribution in [1.82, 2.24) is 4.90 Å². The monoisotopic (exact) mass is 319 g/mol. The fourth-order valence-corrected chi connectivity index (χ4v) is 3.37. The highest BCUT2D eigenvalue weighted by molar-refractivity contribution is 5.77. The molecule has 1 aliphatic rings. The maximum Gasteiger partial charge on any atom is 0.222 e. The summed E-state index contributed by atoms with van der Waals surface area (Å²) in [4.78, 5) is 14.1. The zero-order valence-corrected chi connectivity index (χ0v) is 13.9. The largest absolute Gasteiger partial charge is 0.396 e. The Morgan fingerprint density at radius 3 is 2.74 bits per heavy atom. The van der Waals surface area contributed by atoms with Gasteiger partial charge in [-0.3, -0.25) is 4.79 Å². The van der Waals surface area contributed by atoms with Crippen LogP contribution in [0.4, 0.5) is 0 Å². The Morgan fingerprint density at radius 2 is 2.00 bits per heavy atom. The molecule has 2 atom stereocenters. The lowest BCUT2D eigenvalue weighted by Crippen LogP contribution is -2.44. The molecule has 1 amide bonds. The number of aliphatic hydroxyl groups excluding tert-OH is 2. The number of carbonyl (C=O) groups excluding carboxylic acids is 1. The molecule has 0 bridgehead atoms. The van der Waals surface area contributed by atoms with Crippen LogP contribution in [0.2, 0.25) is 0 Å². The van der Waals surface area contributed by atoms with Crippen molar-refractivity contribution < 1.29 is 15.0 Å². The summed E-state index contributed by atoms with van der Waals surface area (Å²) < 4.78 is 0. The molecule has 2 rings (SSSR count). The second-order valence-electron chi connectivity index (χ2n) is 6.48. The van der Waals surface area contributed by atoms with Gasteiger partial charge in [0.15, 0.2) is 0 Å².